The first-order chi connectivity index (χ1) is 7.63. The minimum atomic E-state index is -1.11. The van der Waals surface area contributed by atoms with E-state index in [9.17, 15) is 4.79 Å². The van der Waals surface area contributed by atoms with Crippen LogP contribution in [-0.4, -0.2) is 21.2 Å². The van der Waals surface area contributed by atoms with E-state index in [4.69, 9.17) is 21.8 Å². The molecule has 0 aliphatic heterocycles. The minimum absolute atomic E-state index is 0.0105. The second kappa shape index (κ2) is 4.08. The Hall–Kier alpha value is -1.65. The average molecular weight is 238 g/mol. The highest BCUT2D eigenvalue weighted by molar-refractivity contribution is 6.35. The summed E-state index contributed by atoms with van der Waals surface area (Å²) >= 11 is 5.80. The van der Waals surface area contributed by atoms with Crippen molar-refractivity contribution in [3.8, 4) is 0 Å². The number of hydrogen-bond donors (Lipinski definition) is 2. The van der Waals surface area contributed by atoms with Crippen molar-refractivity contribution < 1.29 is 15.0 Å². The highest BCUT2D eigenvalue weighted by atomic mass is 35.5. The number of rotatable bonds is 2. The van der Waals surface area contributed by atoms with Crippen molar-refractivity contribution in [1.29, 1.82) is 0 Å². The van der Waals surface area contributed by atoms with Crippen LogP contribution in [-0.2, 0) is 6.61 Å². The molecule has 82 valence electrons. The lowest BCUT2D eigenvalue weighted by Gasteiger charge is -2.05. The van der Waals surface area contributed by atoms with Gasteiger partial charge in [0.2, 0.25) is 0 Å². The molecule has 0 aliphatic rings. The van der Waals surface area contributed by atoms with E-state index in [0.29, 0.717) is 16.5 Å². The van der Waals surface area contributed by atoms with Gasteiger partial charge in [-0.2, -0.15) is 0 Å². The van der Waals surface area contributed by atoms with Crippen molar-refractivity contribution in [2.24, 2.45) is 0 Å². The van der Waals surface area contributed by atoms with E-state index in [0.717, 1.165) is 0 Å². The zero-order valence-corrected chi connectivity index (χ0v) is 8.90. The number of pyridine rings is 1. The molecule has 1 aromatic carbocycles. The van der Waals surface area contributed by atoms with Gasteiger partial charge in [0.1, 0.15) is 5.56 Å². The molecule has 1 aromatic heterocycles. The van der Waals surface area contributed by atoms with Crippen molar-refractivity contribution in [3.05, 3.63) is 40.5 Å². The second-order valence-corrected chi connectivity index (χ2v) is 3.71. The molecule has 0 unspecified atom stereocenters. The Labute approximate surface area is 96.1 Å². The zero-order valence-electron chi connectivity index (χ0n) is 8.14. The van der Waals surface area contributed by atoms with E-state index in [1.54, 1.807) is 12.1 Å². The lowest BCUT2D eigenvalue weighted by Crippen LogP contribution is -2.00. The Morgan fingerprint density at radius 1 is 1.44 bits per heavy atom. The van der Waals surface area contributed by atoms with Gasteiger partial charge in [-0.1, -0.05) is 17.7 Å². The second-order valence-electron chi connectivity index (χ2n) is 3.30. The van der Waals surface area contributed by atoms with Crippen LogP contribution in [0.1, 0.15) is 15.9 Å². The van der Waals surface area contributed by atoms with Crippen LogP contribution >= 0.6 is 11.6 Å². The number of aromatic carboxylic acids is 1. The fourth-order valence-electron chi connectivity index (χ4n) is 1.51. The number of aliphatic hydroxyl groups is 1. The maximum atomic E-state index is 11.0. The van der Waals surface area contributed by atoms with Crippen LogP contribution < -0.4 is 0 Å². The molecule has 0 saturated heterocycles. The fourth-order valence-corrected chi connectivity index (χ4v) is 1.75. The van der Waals surface area contributed by atoms with Crippen molar-refractivity contribution >= 4 is 28.5 Å². The summed E-state index contributed by atoms with van der Waals surface area (Å²) < 4.78 is 0. The van der Waals surface area contributed by atoms with Crippen molar-refractivity contribution in [3.63, 3.8) is 0 Å². The highest BCUT2D eigenvalue weighted by Gasteiger charge is 2.14. The molecule has 2 aromatic rings. The molecule has 0 aliphatic carbocycles. The van der Waals surface area contributed by atoms with E-state index in [2.05, 4.69) is 4.98 Å². The van der Waals surface area contributed by atoms with Crippen LogP contribution in [0.25, 0.3) is 10.9 Å². The number of benzene rings is 1. The van der Waals surface area contributed by atoms with Gasteiger partial charge < -0.3 is 10.2 Å². The lowest BCUT2D eigenvalue weighted by molar-refractivity contribution is 0.0699. The molecule has 0 radical (unpaired) electrons. The number of carboxylic acids is 1. The first-order valence-electron chi connectivity index (χ1n) is 4.55. The van der Waals surface area contributed by atoms with Gasteiger partial charge >= 0.3 is 5.97 Å². The summed E-state index contributed by atoms with van der Waals surface area (Å²) in [6.07, 6.45) is 1.44. The van der Waals surface area contributed by atoms with E-state index in [-0.39, 0.29) is 17.2 Å². The zero-order chi connectivity index (χ0) is 11.7. The largest absolute Gasteiger partial charge is 0.478 e. The van der Waals surface area contributed by atoms with Gasteiger partial charge in [0, 0.05) is 11.6 Å². The van der Waals surface area contributed by atoms with Crippen LogP contribution in [0.4, 0.5) is 0 Å². The van der Waals surface area contributed by atoms with E-state index in [1.165, 1.54) is 12.3 Å². The molecule has 1 heterocycles. The Morgan fingerprint density at radius 2 is 2.19 bits per heavy atom. The van der Waals surface area contributed by atoms with Gasteiger partial charge in [-0.25, -0.2) is 4.79 Å². The van der Waals surface area contributed by atoms with Crippen molar-refractivity contribution in [1.82, 2.24) is 4.98 Å². The number of aliphatic hydroxyl groups excluding tert-OH is 1. The van der Waals surface area contributed by atoms with E-state index < -0.39 is 5.97 Å². The number of nitrogens with zero attached hydrogens (tertiary/aromatic N) is 1. The quantitative estimate of drug-likeness (QED) is 0.839. The predicted octanol–water partition coefficient (Wildman–Crippen LogP) is 2.08. The summed E-state index contributed by atoms with van der Waals surface area (Å²) in [5.74, 6) is -1.11. The smallest absolute Gasteiger partial charge is 0.339 e. The number of fused-ring (bicyclic) bond motifs is 1. The topological polar surface area (TPSA) is 70.4 Å². The van der Waals surface area contributed by atoms with Crippen molar-refractivity contribution in [2.45, 2.75) is 6.61 Å². The van der Waals surface area contributed by atoms with Crippen molar-refractivity contribution in [2.75, 3.05) is 0 Å². The maximum absolute atomic E-state index is 11.0. The summed E-state index contributed by atoms with van der Waals surface area (Å²) in [6, 6.07) is 4.87. The van der Waals surface area contributed by atoms with Crippen LogP contribution in [0.5, 0.6) is 0 Å². The predicted molar refractivity (Wildman–Crippen MR) is 59.6 cm³/mol. The van der Waals surface area contributed by atoms with Gasteiger partial charge in [0.25, 0.3) is 0 Å². The van der Waals surface area contributed by atoms with Crippen LogP contribution in [0, 0.1) is 0 Å². The summed E-state index contributed by atoms with van der Waals surface area (Å²) in [4.78, 5) is 15.0. The van der Waals surface area contributed by atoms with Gasteiger partial charge in [-0.05, 0) is 17.7 Å². The third kappa shape index (κ3) is 1.73. The van der Waals surface area contributed by atoms with Gasteiger partial charge in [0.15, 0.2) is 0 Å². The monoisotopic (exact) mass is 237 g/mol. The lowest BCUT2D eigenvalue weighted by atomic mass is 10.1. The SMILES string of the molecule is O=C(O)c1c(Cl)ccc2cc(CO)cnc12. The minimum Gasteiger partial charge on any atom is -0.478 e. The summed E-state index contributed by atoms with van der Waals surface area (Å²) in [5, 5.41) is 18.8. The van der Waals surface area contributed by atoms with Crippen LogP contribution in [0.15, 0.2) is 24.4 Å². The average Bonchev–Trinajstić information content (AvgIpc) is 2.27. The molecule has 16 heavy (non-hydrogen) atoms. The number of carboxylic acid groups (broad SMARTS) is 1. The first kappa shape index (κ1) is 10.9. The summed E-state index contributed by atoms with van der Waals surface area (Å²) in [7, 11) is 0. The Bertz CT molecular complexity index is 568. The molecule has 4 nitrogen and oxygen atoms in total. The first-order valence-corrected chi connectivity index (χ1v) is 4.92. The summed E-state index contributed by atoms with van der Waals surface area (Å²) in [6.45, 7) is -0.131. The molecule has 0 spiro atoms. The number of hydrogen-bond acceptors (Lipinski definition) is 3. The van der Waals surface area contributed by atoms with Gasteiger partial charge in [0.05, 0.1) is 17.1 Å². The van der Waals surface area contributed by atoms with E-state index >= 15 is 0 Å². The molecule has 0 fully saturated rings. The molecule has 5 heteroatoms. The Kier molecular flexibility index (Phi) is 2.77. The molecule has 0 saturated carbocycles. The highest BCUT2D eigenvalue weighted by Crippen LogP contribution is 2.25. The number of carbonyl (C=O) groups is 1. The Morgan fingerprint density at radius 3 is 2.81 bits per heavy atom. The van der Waals surface area contributed by atoms with Crippen LogP contribution in [0.2, 0.25) is 5.02 Å². The number of aromatic nitrogens is 1. The van der Waals surface area contributed by atoms with Gasteiger partial charge in [-0.3, -0.25) is 4.98 Å². The molecular formula is C11H8ClNO3. The van der Waals surface area contributed by atoms with Crippen LogP contribution in [0.3, 0.4) is 0 Å². The third-order valence-electron chi connectivity index (χ3n) is 2.26. The maximum Gasteiger partial charge on any atom is 0.339 e. The molecule has 2 N–H and O–H groups in total. The number of halogens is 1. The Balaban J connectivity index is 2.79. The standard InChI is InChI=1S/C11H8ClNO3/c12-8-2-1-7-3-6(5-14)4-13-10(7)9(8)11(15)16/h1-4,14H,5H2,(H,15,16). The molecule has 0 amide bonds. The van der Waals surface area contributed by atoms with E-state index in [1.807, 2.05) is 0 Å². The van der Waals surface area contributed by atoms with Gasteiger partial charge in [-0.15, -0.1) is 0 Å². The molecule has 0 bridgehead atoms. The molecular weight excluding hydrogens is 230 g/mol. The molecule has 0 atom stereocenters. The molecule has 2 rings (SSSR count). The third-order valence-corrected chi connectivity index (χ3v) is 2.57. The fraction of sp³-hybridized carbons (Fsp3) is 0.0909. The summed E-state index contributed by atoms with van der Waals surface area (Å²) in [5.41, 5.74) is 0.951. The normalized spacial score (nSPS) is 10.6.